The molecule has 5 atom stereocenters. The second-order valence-electron chi connectivity index (χ2n) is 6.61. The third-order valence-electron chi connectivity index (χ3n) is 4.52. The number of ether oxygens (including phenoxy) is 2. The van der Waals surface area contributed by atoms with Crippen molar-refractivity contribution in [2.24, 2.45) is 0 Å². The Balaban J connectivity index is 1.57. The predicted octanol–water partition coefficient (Wildman–Crippen LogP) is -0.668. The molecule has 1 aliphatic heterocycles. The van der Waals surface area contributed by atoms with E-state index in [0.717, 1.165) is 19.3 Å². The van der Waals surface area contributed by atoms with E-state index >= 15 is 0 Å². The minimum absolute atomic E-state index is 0.0679. The predicted molar refractivity (Wildman–Crippen MR) is 96.7 cm³/mol. The van der Waals surface area contributed by atoms with Crippen LogP contribution >= 0.6 is 0 Å². The van der Waals surface area contributed by atoms with Gasteiger partial charge in [0.15, 0.2) is 6.29 Å². The van der Waals surface area contributed by atoms with Gasteiger partial charge in [0, 0.05) is 13.0 Å². The van der Waals surface area contributed by atoms with Crippen molar-refractivity contribution in [2.75, 3.05) is 19.8 Å². The molecule has 1 aromatic carbocycles. The van der Waals surface area contributed by atoms with Gasteiger partial charge in [-0.3, -0.25) is 4.79 Å². The summed E-state index contributed by atoms with van der Waals surface area (Å²) in [5.74, 6) is -0.0829. The van der Waals surface area contributed by atoms with Crippen LogP contribution in [-0.2, 0) is 20.7 Å². The highest BCUT2D eigenvalue weighted by Crippen LogP contribution is 2.21. The van der Waals surface area contributed by atoms with E-state index in [-0.39, 0.29) is 19.1 Å². The first kappa shape index (κ1) is 21.7. The molecule has 0 unspecified atom stereocenters. The molecule has 1 amide bonds. The number of unbranched alkanes of at least 4 members (excludes halogenated alkanes) is 1. The average molecular weight is 383 g/mol. The highest BCUT2D eigenvalue weighted by Gasteiger charge is 2.43. The summed E-state index contributed by atoms with van der Waals surface area (Å²) in [6.07, 6.45) is -3.43. The number of carbonyl (C=O) groups excluding carboxylic acids is 1. The third-order valence-corrected chi connectivity index (χ3v) is 4.52. The van der Waals surface area contributed by atoms with Crippen LogP contribution in [-0.4, -0.2) is 76.8 Å². The lowest BCUT2D eigenvalue weighted by atomic mass is 9.99. The normalized spacial score (nSPS) is 28.1. The van der Waals surface area contributed by atoms with Gasteiger partial charge >= 0.3 is 0 Å². The molecule has 0 aromatic heterocycles. The molecule has 0 bridgehead atoms. The Morgan fingerprint density at radius 2 is 1.81 bits per heavy atom. The van der Waals surface area contributed by atoms with Crippen molar-refractivity contribution in [3.05, 3.63) is 35.9 Å². The van der Waals surface area contributed by atoms with Crippen LogP contribution in [0.4, 0.5) is 0 Å². The first-order chi connectivity index (χ1) is 13.0. The van der Waals surface area contributed by atoms with Crippen LogP contribution in [0, 0.1) is 0 Å². The van der Waals surface area contributed by atoms with Crippen LogP contribution in [0.2, 0.25) is 0 Å². The number of aryl methyl sites for hydroxylation is 1. The number of aliphatic hydroxyl groups is 4. The molecule has 1 saturated heterocycles. The lowest BCUT2D eigenvalue weighted by Gasteiger charge is -2.39. The summed E-state index contributed by atoms with van der Waals surface area (Å²) >= 11 is 0. The van der Waals surface area contributed by atoms with Crippen molar-refractivity contribution in [2.45, 2.75) is 56.4 Å². The number of rotatable bonds is 10. The van der Waals surface area contributed by atoms with Gasteiger partial charge in [0.25, 0.3) is 0 Å². The molecular formula is C19H29NO7. The number of nitrogens with one attached hydrogen (secondary N) is 1. The maximum absolute atomic E-state index is 11.8. The highest BCUT2D eigenvalue weighted by molar-refractivity contribution is 5.75. The van der Waals surface area contributed by atoms with Crippen LogP contribution < -0.4 is 5.32 Å². The van der Waals surface area contributed by atoms with Crippen LogP contribution in [0.15, 0.2) is 30.3 Å². The maximum Gasteiger partial charge on any atom is 0.220 e. The van der Waals surface area contributed by atoms with Gasteiger partial charge in [-0.25, -0.2) is 0 Å². The molecule has 5 N–H and O–H groups in total. The Hall–Kier alpha value is -1.55. The molecule has 8 heteroatoms. The maximum atomic E-state index is 11.8. The number of benzene rings is 1. The van der Waals surface area contributed by atoms with E-state index in [4.69, 9.17) is 14.6 Å². The second kappa shape index (κ2) is 11.3. The van der Waals surface area contributed by atoms with E-state index < -0.39 is 37.3 Å². The molecule has 1 heterocycles. The molecule has 152 valence electrons. The summed E-state index contributed by atoms with van der Waals surface area (Å²) in [5.41, 5.74) is 1.26. The Morgan fingerprint density at radius 1 is 1.07 bits per heavy atom. The molecule has 27 heavy (non-hydrogen) atoms. The number of carbonyl (C=O) groups is 1. The zero-order chi connectivity index (χ0) is 19.6. The van der Waals surface area contributed by atoms with E-state index in [1.54, 1.807) is 0 Å². The zero-order valence-corrected chi connectivity index (χ0v) is 15.2. The van der Waals surface area contributed by atoms with Gasteiger partial charge in [-0.05, 0) is 24.8 Å². The summed E-state index contributed by atoms with van der Waals surface area (Å²) < 4.78 is 10.5. The fourth-order valence-electron chi connectivity index (χ4n) is 2.92. The first-order valence-corrected chi connectivity index (χ1v) is 9.25. The Labute approximate surface area is 158 Å². The van der Waals surface area contributed by atoms with Crippen molar-refractivity contribution < 1.29 is 34.7 Å². The van der Waals surface area contributed by atoms with Crippen LogP contribution in [0.3, 0.4) is 0 Å². The summed E-state index contributed by atoms with van der Waals surface area (Å²) in [7, 11) is 0. The molecule has 0 saturated carbocycles. The van der Waals surface area contributed by atoms with E-state index in [0.29, 0.717) is 6.42 Å². The lowest BCUT2D eigenvalue weighted by molar-refractivity contribution is -0.300. The summed E-state index contributed by atoms with van der Waals surface area (Å²) in [6.45, 7) is -0.213. The van der Waals surface area contributed by atoms with Gasteiger partial charge in [-0.1, -0.05) is 30.3 Å². The average Bonchev–Trinajstić information content (AvgIpc) is 2.69. The quantitative estimate of drug-likeness (QED) is 0.339. The van der Waals surface area contributed by atoms with Gasteiger partial charge in [0.05, 0.1) is 13.2 Å². The van der Waals surface area contributed by atoms with Gasteiger partial charge in [0.1, 0.15) is 24.4 Å². The molecular weight excluding hydrogens is 354 g/mol. The molecule has 1 aliphatic rings. The topological polar surface area (TPSA) is 128 Å². The van der Waals surface area contributed by atoms with Crippen LogP contribution in [0.25, 0.3) is 0 Å². The molecule has 8 nitrogen and oxygen atoms in total. The number of aliphatic hydroxyl groups excluding tert-OH is 4. The Kier molecular flexibility index (Phi) is 9.12. The summed E-state index contributed by atoms with van der Waals surface area (Å²) in [5, 5.41) is 41.0. The zero-order valence-electron chi connectivity index (χ0n) is 15.2. The van der Waals surface area contributed by atoms with Gasteiger partial charge in [-0.2, -0.15) is 0 Å². The van der Waals surface area contributed by atoms with Crippen molar-refractivity contribution in [3.8, 4) is 0 Å². The smallest absolute Gasteiger partial charge is 0.220 e. The van der Waals surface area contributed by atoms with E-state index in [2.05, 4.69) is 17.4 Å². The fourth-order valence-corrected chi connectivity index (χ4v) is 2.92. The largest absolute Gasteiger partial charge is 0.394 e. The molecule has 1 fully saturated rings. The Bertz CT molecular complexity index is 554. The Morgan fingerprint density at radius 3 is 2.52 bits per heavy atom. The van der Waals surface area contributed by atoms with Crippen LogP contribution in [0.1, 0.15) is 24.8 Å². The molecule has 2 rings (SSSR count). The lowest BCUT2D eigenvalue weighted by Crippen LogP contribution is -2.59. The minimum atomic E-state index is -1.47. The molecule has 0 spiro atoms. The summed E-state index contributed by atoms with van der Waals surface area (Å²) in [4.78, 5) is 11.8. The van der Waals surface area contributed by atoms with Gasteiger partial charge < -0.3 is 35.2 Å². The highest BCUT2D eigenvalue weighted by atomic mass is 16.7. The minimum Gasteiger partial charge on any atom is -0.394 e. The van der Waals surface area contributed by atoms with E-state index in [1.807, 2.05) is 18.2 Å². The monoisotopic (exact) mass is 383 g/mol. The first-order valence-electron chi connectivity index (χ1n) is 9.25. The van der Waals surface area contributed by atoms with Gasteiger partial charge in [-0.15, -0.1) is 0 Å². The number of amides is 1. The van der Waals surface area contributed by atoms with Crippen molar-refractivity contribution >= 4 is 5.91 Å². The van der Waals surface area contributed by atoms with Crippen molar-refractivity contribution in [3.63, 3.8) is 0 Å². The SMILES string of the molecule is O=C(CCCCc1ccccc1)NCCO[C@H]1O[C@H](CO)[C@H](O)[C@H](O)[C@H]1O. The number of hydrogen-bond donors (Lipinski definition) is 5. The second-order valence-corrected chi connectivity index (χ2v) is 6.61. The fraction of sp³-hybridized carbons (Fsp3) is 0.632. The van der Waals surface area contributed by atoms with Crippen molar-refractivity contribution in [1.29, 1.82) is 0 Å². The molecule has 0 radical (unpaired) electrons. The van der Waals surface area contributed by atoms with Gasteiger partial charge in [0.2, 0.25) is 5.91 Å². The van der Waals surface area contributed by atoms with Crippen molar-refractivity contribution in [1.82, 2.24) is 5.32 Å². The molecule has 0 aliphatic carbocycles. The van der Waals surface area contributed by atoms with E-state index in [9.17, 15) is 20.1 Å². The number of hydrogen-bond acceptors (Lipinski definition) is 7. The van der Waals surface area contributed by atoms with E-state index in [1.165, 1.54) is 5.56 Å². The van der Waals surface area contributed by atoms with Crippen LogP contribution in [0.5, 0.6) is 0 Å². The standard InChI is InChI=1S/C19H29NO7/c21-12-14-16(23)17(24)18(25)19(27-14)26-11-10-20-15(22)9-5-4-8-13-6-2-1-3-7-13/h1-3,6-7,14,16-19,21,23-25H,4-5,8-12H2,(H,20,22)/t14-,16+,17+,18-,19+/m1/s1. The molecule has 1 aromatic rings. The summed E-state index contributed by atoms with van der Waals surface area (Å²) in [6, 6.07) is 10.1. The third kappa shape index (κ3) is 6.84.